The Bertz CT molecular complexity index is 776. The molecule has 1 atom stereocenters. The lowest BCUT2D eigenvalue weighted by Gasteiger charge is -2.16. The normalized spacial score (nSPS) is 11.5. The quantitative estimate of drug-likeness (QED) is 0.782. The van der Waals surface area contributed by atoms with E-state index in [0.29, 0.717) is 28.6 Å². The van der Waals surface area contributed by atoms with Crippen LogP contribution in [0.3, 0.4) is 0 Å². The minimum atomic E-state index is -0.732. The summed E-state index contributed by atoms with van der Waals surface area (Å²) in [5, 5.41) is 3.31. The number of carbonyl (C=O) groups excluding carboxylic acids is 2. The standard InChI is InChI=1S/C19H20ClNO4/c1-4-24-19(23)14-9-8-12(2)17(10-14)21-18(22)13(3)25-16-7-5-6-15(20)11-16/h5-11,13H,4H2,1-3H3,(H,21,22). The zero-order valence-corrected chi connectivity index (χ0v) is 15.1. The predicted octanol–water partition coefficient (Wildman–Crippen LogP) is 4.23. The maximum atomic E-state index is 12.4. The van der Waals surface area contributed by atoms with Crippen molar-refractivity contribution < 1.29 is 19.1 Å². The summed E-state index contributed by atoms with van der Waals surface area (Å²) in [5.74, 6) is -0.252. The summed E-state index contributed by atoms with van der Waals surface area (Å²) in [6.07, 6.45) is -0.732. The Hall–Kier alpha value is -2.53. The molecule has 2 rings (SSSR count). The Morgan fingerprint density at radius 3 is 2.64 bits per heavy atom. The largest absolute Gasteiger partial charge is 0.481 e. The van der Waals surface area contributed by atoms with Gasteiger partial charge in [-0.2, -0.15) is 0 Å². The van der Waals surface area contributed by atoms with Gasteiger partial charge < -0.3 is 14.8 Å². The van der Waals surface area contributed by atoms with Gasteiger partial charge in [-0.1, -0.05) is 23.7 Å². The molecule has 1 amide bonds. The van der Waals surface area contributed by atoms with Crippen molar-refractivity contribution in [1.82, 2.24) is 0 Å². The van der Waals surface area contributed by atoms with Crippen molar-refractivity contribution in [3.05, 3.63) is 58.6 Å². The third-order valence-electron chi connectivity index (χ3n) is 3.48. The van der Waals surface area contributed by atoms with Crippen LogP contribution in [0.5, 0.6) is 5.75 Å². The highest BCUT2D eigenvalue weighted by Gasteiger charge is 2.17. The molecule has 0 aliphatic rings. The van der Waals surface area contributed by atoms with Gasteiger partial charge in [-0.3, -0.25) is 4.79 Å². The lowest BCUT2D eigenvalue weighted by atomic mass is 10.1. The van der Waals surface area contributed by atoms with E-state index in [4.69, 9.17) is 21.1 Å². The van der Waals surface area contributed by atoms with Crippen molar-refractivity contribution in [2.24, 2.45) is 0 Å². The van der Waals surface area contributed by atoms with Crippen LogP contribution in [0.4, 0.5) is 5.69 Å². The third-order valence-corrected chi connectivity index (χ3v) is 3.72. The van der Waals surface area contributed by atoms with Gasteiger partial charge in [-0.25, -0.2) is 4.79 Å². The maximum Gasteiger partial charge on any atom is 0.338 e. The second-order valence-corrected chi connectivity index (χ2v) is 5.89. The van der Waals surface area contributed by atoms with Crippen molar-refractivity contribution in [1.29, 1.82) is 0 Å². The first-order valence-corrected chi connectivity index (χ1v) is 8.29. The molecule has 1 N–H and O–H groups in total. The number of rotatable bonds is 6. The molecule has 132 valence electrons. The zero-order valence-electron chi connectivity index (χ0n) is 14.3. The predicted molar refractivity (Wildman–Crippen MR) is 97.3 cm³/mol. The summed E-state index contributed by atoms with van der Waals surface area (Å²) < 4.78 is 10.6. The minimum absolute atomic E-state index is 0.291. The highest BCUT2D eigenvalue weighted by molar-refractivity contribution is 6.30. The van der Waals surface area contributed by atoms with Gasteiger partial charge in [0.2, 0.25) is 0 Å². The minimum Gasteiger partial charge on any atom is -0.481 e. The average molecular weight is 362 g/mol. The number of esters is 1. The second kappa shape index (κ2) is 8.53. The van der Waals surface area contributed by atoms with Gasteiger partial charge in [0.15, 0.2) is 6.10 Å². The molecule has 5 nitrogen and oxygen atoms in total. The lowest BCUT2D eigenvalue weighted by Crippen LogP contribution is -2.30. The second-order valence-electron chi connectivity index (χ2n) is 5.46. The molecular formula is C19H20ClNO4. The van der Waals surface area contributed by atoms with Gasteiger partial charge >= 0.3 is 5.97 Å². The number of anilines is 1. The van der Waals surface area contributed by atoms with Gasteiger partial charge in [0.05, 0.1) is 12.2 Å². The van der Waals surface area contributed by atoms with Crippen molar-refractivity contribution in [3.8, 4) is 5.75 Å². The Labute approximate surface area is 151 Å². The van der Waals surface area contributed by atoms with Gasteiger partial charge in [0.1, 0.15) is 5.75 Å². The molecule has 25 heavy (non-hydrogen) atoms. The molecule has 0 heterocycles. The molecule has 0 radical (unpaired) electrons. The topological polar surface area (TPSA) is 64.6 Å². The summed E-state index contributed by atoms with van der Waals surface area (Å²) in [7, 11) is 0. The molecule has 2 aromatic rings. The molecule has 0 saturated heterocycles. The molecule has 0 aromatic heterocycles. The Morgan fingerprint density at radius 2 is 1.96 bits per heavy atom. The van der Waals surface area contributed by atoms with Gasteiger partial charge in [-0.15, -0.1) is 0 Å². The van der Waals surface area contributed by atoms with Crippen molar-refractivity contribution in [3.63, 3.8) is 0 Å². The van der Waals surface area contributed by atoms with E-state index >= 15 is 0 Å². The zero-order chi connectivity index (χ0) is 18.4. The van der Waals surface area contributed by atoms with Crippen molar-refractivity contribution in [2.45, 2.75) is 26.9 Å². The first-order chi connectivity index (χ1) is 11.9. The highest BCUT2D eigenvalue weighted by Crippen LogP contribution is 2.20. The fourth-order valence-electron chi connectivity index (χ4n) is 2.13. The molecule has 0 aliphatic heterocycles. The van der Waals surface area contributed by atoms with Crippen LogP contribution in [-0.2, 0) is 9.53 Å². The first kappa shape index (κ1) is 18.8. The van der Waals surface area contributed by atoms with Crippen molar-refractivity contribution in [2.75, 3.05) is 11.9 Å². The number of hydrogen-bond acceptors (Lipinski definition) is 4. The van der Waals surface area contributed by atoms with E-state index in [0.717, 1.165) is 5.56 Å². The molecule has 0 bridgehead atoms. The Morgan fingerprint density at radius 1 is 1.20 bits per heavy atom. The fourth-order valence-corrected chi connectivity index (χ4v) is 2.31. The summed E-state index contributed by atoms with van der Waals surface area (Å²) in [6, 6.07) is 11.8. The van der Waals surface area contributed by atoms with Crippen LogP contribution in [-0.4, -0.2) is 24.6 Å². The smallest absolute Gasteiger partial charge is 0.338 e. The maximum absolute atomic E-state index is 12.4. The summed E-state index contributed by atoms with van der Waals surface area (Å²) in [4.78, 5) is 24.2. The Balaban J connectivity index is 2.08. The molecule has 0 fully saturated rings. The van der Waals surface area contributed by atoms with E-state index in [2.05, 4.69) is 5.32 Å². The average Bonchev–Trinajstić information content (AvgIpc) is 2.57. The van der Waals surface area contributed by atoms with Crippen LogP contribution in [0.15, 0.2) is 42.5 Å². The van der Waals surface area contributed by atoms with Gasteiger partial charge in [0.25, 0.3) is 5.91 Å². The number of aryl methyl sites for hydroxylation is 1. The number of ether oxygens (including phenoxy) is 2. The molecule has 0 spiro atoms. The van der Waals surface area contributed by atoms with E-state index < -0.39 is 12.1 Å². The van der Waals surface area contributed by atoms with Crippen LogP contribution in [0.25, 0.3) is 0 Å². The van der Waals surface area contributed by atoms with Crippen molar-refractivity contribution >= 4 is 29.2 Å². The van der Waals surface area contributed by atoms with Crippen LogP contribution in [0.2, 0.25) is 5.02 Å². The van der Waals surface area contributed by atoms with E-state index in [1.54, 1.807) is 56.3 Å². The number of hydrogen-bond donors (Lipinski definition) is 1. The van der Waals surface area contributed by atoms with E-state index in [1.165, 1.54) is 0 Å². The summed E-state index contributed by atoms with van der Waals surface area (Å²) in [6.45, 7) is 5.51. The number of halogens is 1. The molecule has 1 unspecified atom stereocenters. The third kappa shape index (κ3) is 5.22. The summed E-state index contributed by atoms with van der Waals surface area (Å²) in [5.41, 5.74) is 1.75. The number of amides is 1. The fraction of sp³-hybridized carbons (Fsp3) is 0.263. The highest BCUT2D eigenvalue weighted by atomic mass is 35.5. The number of benzene rings is 2. The van der Waals surface area contributed by atoms with Crippen LogP contribution in [0.1, 0.15) is 29.8 Å². The molecule has 6 heteroatoms. The lowest BCUT2D eigenvalue weighted by molar-refractivity contribution is -0.122. The molecule has 2 aromatic carbocycles. The number of nitrogens with one attached hydrogen (secondary N) is 1. The van der Waals surface area contributed by atoms with E-state index in [9.17, 15) is 9.59 Å². The van der Waals surface area contributed by atoms with Gasteiger partial charge in [0, 0.05) is 10.7 Å². The van der Waals surface area contributed by atoms with Crippen LogP contribution >= 0.6 is 11.6 Å². The monoisotopic (exact) mass is 361 g/mol. The summed E-state index contributed by atoms with van der Waals surface area (Å²) >= 11 is 5.91. The SMILES string of the molecule is CCOC(=O)c1ccc(C)c(NC(=O)C(C)Oc2cccc(Cl)c2)c1. The first-order valence-electron chi connectivity index (χ1n) is 7.91. The molecule has 0 saturated carbocycles. The van der Waals surface area contributed by atoms with E-state index in [-0.39, 0.29) is 5.91 Å². The Kier molecular flexibility index (Phi) is 6.42. The number of carbonyl (C=O) groups is 2. The molecular weight excluding hydrogens is 342 g/mol. The van der Waals surface area contributed by atoms with Gasteiger partial charge in [-0.05, 0) is 56.7 Å². The van der Waals surface area contributed by atoms with Crippen LogP contribution in [0, 0.1) is 6.92 Å². The molecule has 0 aliphatic carbocycles. The van der Waals surface area contributed by atoms with Crippen LogP contribution < -0.4 is 10.1 Å². The van der Waals surface area contributed by atoms with E-state index in [1.807, 2.05) is 6.92 Å².